The fraction of sp³-hybridized carbons (Fsp3) is 0.824. The van der Waals surface area contributed by atoms with Gasteiger partial charge in [-0.2, -0.15) is 0 Å². The molecule has 0 aromatic carbocycles. The maximum atomic E-state index is 6.46. The lowest BCUT2D eigenvalue weighted by Crippen LogP contribution is -2.62. The van der Waals surface area contributed by atoms with Crippen molar-refractivity contribution in [2.45, 2.75) is 57.9 Å². The van der Waals surface area contributed by atoms with Crippen LogP contribution in [0.3, 0.4) is 0 Å². The van der Waals surface area contributed by atoms with Crippen LogP contribution in [0.4, 0.5) is 0 Å². The van der Waals surface area contributed by atoms with Gasteiger partial charge in [0, 0.05) is 0 Å². The molecule has 0 bridgehead atoms. The molecule has 116 valence electrons. The minimum Gasteiger partial charge on any atom is -0.371 e. The number of rotatable bonds is 6. The third-order valence-electron chi connectivity index (χ3n) is 4.38. The molecule has 1 N–H and O–H groups in total. The van der Waals surface area contributed by atoms with Gasteiger partial charge in [0.15, 0.2) is 0 Å². The van der Waals surface area contributed by atoms with Crippen LogP contribution in [0.1, 0.15) is 34.1 Å². The lowest BCUT2D eigenvalue weighted by atomic mass is 9.78. The van der Waals surface area contributed by atoms with Gasteiger partial charge < -0.3 is 10.1 Å². The summed E-state index contributed by atoms with van der Waals surface area (Å²) in [5, 5.41) is 3.50. The van der Waals surface area contributed by atoms with Crippen LogP contribution >= 0.6 is 0 Å². The first-order chi connectivity index (χ1) is 9.31. The second-order valence-corrected chi connectivity index (χ2v) is 6.87. The molecule has 1 fully saturated rings. The zero-order chi connectivity index (χ0) is 15.5. The van der Waals surface area contributed by atoms with E-state index in [-0.39, 0.29) is 23.8 Å². The molecule has 0 aliphatic carbocycles. The van der Waals surface area contributed by atoms with Gasteiger partial charge in [0.2, 0.25) is 0 Å². The molecule has 4 atom stereocenters. The fourth-order valence-corrected chi connectivity index (χ4v) is 3.61. The van der Waals surface area contributed by atoms with Crippen LogP contribution in [0.5, 0.6) is 0 Å². The minimum atomic E-state index is -0.190. The molecule has 0 radical (unpaired) electrons. The number of hydrogen-bond donors (Lipinski definition) is 1. The fourth-order valence-electron chi connectivity index (χ4n) is 3.61. The summed E-state index contributed by atoms with van der Waals surface area (Å²) in [6.45, 7) is 12.8. The maximum absolute atomic E-state index is 6.46. The Morgan fingerprint density at radius 1 is 1.35 bits per heavy atom. The predicted molar refractivity (Wildman–Crippen MR) is 85.9 cm³/mol. The standard InChI is InChI=1S/C17H32N2O/c1-9-10-17(19(7)8)15(18-6)14(11-12(2)3)20-16(17)13(4)5/h10,12-16,18H,1,11H2,2-8H3/t14-,15+,16+,17-/m1/s1. The Bertz CT molecular complexity index is 358. The van der Waals surface area contributed by atoms with Crippen LogP contribution in [0.2, 0.25) is 0 Å². The molecule has 0 unspecified atom stereocenters. The number of nitrogens with one attached hydrogen (secondary N) is 1. The van der Waals surface area contributed by atoms with E-state index in [9.17, 15) is 0 Å². The molecular formula is C17H32N2O. The zero-order valence-corrected chi connectivity index (χ0v) is 14.2. The van der Waals surface area contributed by atoms with E-state index in [1.807, 2.05) is 7.05 Å². The lowest BCUT2D eigenvalue weighted by Gasteiger charge is -2.43. The SMILES string of the molecule is C=C=C[C@]1(N(C)C)[C@H](C(C)C)O[C@H](CC(C)C)[C@@H]1NC. The van der Waals surface area contributed by atoms with E-state index in [1.54, 1.807) is 0 Å². The van der Waals surface area contributed by atoms with Crippen molar-refractivity contribution in [1.29, 1.82) is 0 Å². The van der Waals surface area contributed by atoms with Crippen molar-refractivity contribution in [3.8, 4) is 0 Å². The summed E-state index contributed by atoms with van der Waals surface area (Å²) < 4.78 is 6.46. The molecule has 1 rings (SSSR count). The van der Waals surface area contributed by atoms with Gasteiger partial charge in [0.1, 0.15) is 0 Å². The molecule has 1 aliphatic rings. The van der Waals surface area contributed by atoms with E-state index in [1.165, 1.54) is 0 Å². The molecule has 20 heavy (non-hydrogen) atoms. The minimum absolute atomic E-state index is 0.146. The second kappa shape index (κ2) is 6.91. The lowest BCUT2D eigenvalue weighted by molar-refractivity contribution is -0.0211. The highest BCUT2D eigenvalue weighted by Gasteiger charge is 2.56. The average Bonchev–Trinajstić information content (AvgIpc) is 2.64. The van der Waals surface area contributed by atoms with E-state index >= 15 is 0 Å². The topological polar surface area (TPSA) is 24.5 Å². The molecule has 3 heteroatoms. The normalized spacial score (nSPS) is 34.0. The largest absolute Gasteiger partial charge is 0.371 e. The molecule has 0 amide bonds. The first kappa shape index (κ1) is 17.5. The van der Waals surface area contributed by atoms with Gasteiger partial charge in [-0.3, -0.25) is 4.90 Å². The summed E-state index contributed by atoms with van der Waals surface area (Å²) in [5.74, 6) is 1.06. The van der Waals surface area contributed by atoms with Gasteiger partial charge in [-0.25, -0.2) is 0 Å². The number of hydrogen-bond acceptors (Lipinski definition) is 3. The molecule has 0 aromatic heterocycles. The molecule has 0 aromatic rings. The summed E-state index contributed by atoms with van der Waals surface area (Å²) in [7, 11) is 6.27. The first-order valence-corrected chi connectivity index (χ1v) is 7.68. The number of likely N-dealkylation sites (N-methyl/N-ethyl adjacent to an activating group) is 2. The highest BCUT2D eigenvalue weighted by Crippen LogP contribution is 2.41. The second-order valence-electron chi connectivity index (χ2n) is 6.87. The van der Waals surface area contributed by atoms with Crippen LogP contribution < -0.4 is 5.32 Å². The van der Waals surface area contributed by atoms with Crippen molar-refractivity contribution < 1.29 is 4.74 Å². The van der Waals surface area contributed by atoms with Gasteiger partial charge >= 0.3 is 0 Å². The van der Waals surface area contributed by atoms with E-state index in [2.05, 4.69) is 70.4 Å². The Kier molecular flexibility index (Phi) is 6.03. The smallest absolute Gasteiger partial charge is 0.0908 e. The van der Waals surface area contributed by atoms with Crippen molar-refractivity contribution in [1.82, 2.24) is 10.2 Å². The van der Waals surface area contributed by atoms with Gasteiger partial charge in [0.25, 0.3) is 0 Å². The highest BCUT2D eigenvalue weighted by molar-refractivity contribution is 5.22. The van der Waals surface area contributed by atoms with Crippen molar-refractivity contribution in [3.05, 3.63) is 18.4 Å². The number of nitrogens with zero attached hydrogens (tertiary/aromatic N) is 1. The Balaban J connectivity index is 3.28. The quantitative estimate of drug-likeness (QED) is 0.757. The molecule has 0 saturated carbocycles. The third-order valence-corrected chi connectivity index (χ3v) is 4.38. The van der Waals surface area contributed by atoms with Crippen LogP contribution in [0, 0.1) is 11.8 Å². The summed E-state index contributed by atoms with van der Waals surface area (Å²) in [6, 6.07) is 0.251. The zero-order valence-electron chi connectivity index (χ0n) is 14.2. The van der Waals surface area contributed by atoms with Gasteiger partial charge in [-0.15, -0.1) is 5.73 Å². The highest BCUT2D eigenvalue weighted by atomic mass is 16.5. The van der Waals surface area contributed by atoms with Gasteiger partial charge in [0.05, 0.1) is 23.8 Å². The monoisotopic (exact) mass is 280 g/mol. The molecule has 1 heterocycles. The van der Waals surface area contributed by atoms with Crippen molar-refractivity contribution in [2.75, 3.05) is 21.1 Å². The Hall–Kier alpha value is -0.600. The van der Waals surface area contributed by atoms with Crippen molar-refractivity contribution in [3.63, 3.8) is 0 Å². The van der Waals surface area contributed by atoms with Gasteiger partial charge in [-0.05, 0) is 45.5 Å². The molecule has 3 nitrogen and oxygen atoms in total. The molecule has 0 spiro atoms. The van der Waals surface area contributed by atoms with E-state index < -0.39 is 0 Å². The van der Waals surface area contributed by atoms with Crippen molar-refractivity contribution >= 4 is 0 Å². The summed E-state index contributed by atoms with van der Waals surface area (Å²) >= 11 is 0. The molecule has 1 saturated heterocycles. The number of ether oxygens (including phenoxy) is 1. The van der Waals surface area contributed by atoms with E-state index in [4.69, 9.17) is 4.74 Å². The maximum Gasteiger partial charge on any atom is 0.0908 e. The van der Waals surface area contributed by atoms with Gasteiger partial charge in [-0.1, -0.05) is 34.3 Å². The summed E-state index contributed by atoms with van der Waals surface area (Å²) in [5.41, 5.74) is 2.83. The van der Waals surface area contributed by atoms with E-state index in [0.29, 0.717) is 11.8 Å². The van der Waals surface area contributed by atoms with Crippen molar-refractivity contribution in [2.24, 2.45) is 11.8 Å². The van der Waals surface area contributed by atoms with Crippen LogP contribution in [0.15, 0.2) is 18.4 Å². The Labute approximate surface area is 125 Å². The van der Waals surface area contributed by atoms with Crippen LogP contribution in [-0.2, 0) is 4.74 Å². The molecular weight excluding hydrogens is 248 g/mol. The summed E-state index contributed by atoms with van der Waals surface area (Å²) in [6.07, 6.45) is 3.53. The average molecular weight is 280 g/mol. The Morgan fingerprint density at radius 3 is 2.30 bits per heavy atom. The van der Waals surface area contributed by atoms with Crippen LogP contribution in [-0.4, -0.2) is 49.8 Å². The third kappa shape index (κ3) is 3.01. The summed E-state index contributed by atoms with van der Waals surface area (Å²) in [4.78, 5) is 2.26. The predicted octanol–water partition coefficient (Wildman–Crippen LogP) is 2.69. The first-order valence-electron chi connectivity index (χ1n) is 7.68. The Morgan fingerprint density at radius 2 is 1.95 bits per heavy atom. The van der Waals surface area contributed by atoms with Crippen LogP contribution in [0.25, 0.3) is 0 Å². The molecule has 1 aliphatic heterocycles. The van der Waals surface area contributed by atoms with E-state index in [0.717, 1.165) is 6.42 Å².